The number of carbonyl (C=O) groups is 2. The summed E-state index contributed by atoms with van der Waals surface area (Å²) < 4.78 is 13.9. The summed E-state index contributed by atoms with van der Waals surface area (Å²) >= 11 is 0. The van der Waals surface area contributed by atoms with Crippen LogP contribution >= 0.6 is 0 Å². The van der Waals surface area contributed by atoms with Crippen LogP contribution in [0.2, 0.25) is 0 Å². The normalized spacial score (nSPS) is 11.6. The van der Waals surface area contributed by atoms with Gasteiger partial charge < -0.3 is 16.0 Å². The highest BCUT2D eigenvalue weighted by molar-refractivity contribution is 5.95. The molecule has 1 atom stereocenters. The van der Waals surface area contributed by atoms with E-state index in [0.717, 1.165) is 5.56 Å². The molecule has 0 bridgehead atoms. The van der Waals surface area contributed by atoms with Gasteiger partial charge in [0.1, 0.15) is 5.82 Å². The van der Waals surface area contributed by atoms with Crippen LogP contribution in [-0.4, -0.2) is 25.4 Å². The monoisotopic (exact) mass is 343 g/mol. The first-order chi connectivity index (χ1) is 12.0. The first-order valence-corrected chi connectivity index (χ1v) is 8.08. The van der Waals surface area contributed by atoms with Gasteiger partial charge in [-0.1, -0.05) is 37.3 Å². The summed E-state index contributed by atoms with van der Waals surface area (Å²) in [5.74, 6) is -1.28. The second kappa shape index (κ2) is 8.94. The molecule has 2 aromatic rings. The van der Waals surface area contributed by atoms with E-state index in [1.807, 2.05) is 30.3 Å². The van der Waals surface area contributed by atoms with Crippen LogP contribution in [-0.2, 0) is 16.0 Å². The molecule has 2 amide bonds. The van der Waals surface area contributed by atoms with E-state index in [2.05, 4.69) is 16.0 Å². The fraction of sp³-hybridized carbons (Fsp3) is 0.263. The average molecular weight is 343 g/mol. The Balaban J connectivity index is 2.03. The van der Waals surface area contributed by atoms with Gasteiger partial charge in [-0.2, -0.15) is 0 Å². The molecule has 0 saturated heterocycles. The molecule has 3 N–H and O–H groups in total. The molecule has 0 fully saturated rings. The Bertz CT molecular complexity index is 735. The molecule has 25 heavy (non-hydrogen) atoms. The number of hydrogen-bond acceptors (Lipinski definition) is 3. The highest BCUT2D eigenvalue weighted by Gasteiger charge is 2.14. The molecular weight excluding hydrogens is 321 g/mol. The summed E-state index contributed by atoms with van der Waals surface area (Å²) in [5, 5.41) is 8.20. The summed E-state index contributed by atoms with van der Waals surface area (Å²) in [6.07, 6.45) is 0.149. The van der Waals surface area contributed by atoms with Crippen LogP contribution in [0.3, 0.4) is 0 Å². The second-order valence-corrected chi connectivity index (χ2v) is 5.85. The van der Waals surface area contributed by atoms with Gasteiger partial charge in [0.05, 0.1) is 12.1 Å². The average Bonchev–Trinajstić information content (AvgIpc) is 2.59. The number of carbonyl (C=O) groups excluding carboxylic acids is 2. The number of halogens is 1. The molecule has 6 heteroatoms. The minimum absolute atomic E-state index is 0.0417. The van der Waals surface area contributed by atoms with Crippen molar-refractivity contribution in [1.29, 1.82) is 0 Å². The molecule has 0 aromatic heterocycles. The van der Waals surface area contributed by atoms with Gasteiger partial charge in [-0.05, 0) is 30.8 Å². The highest BCUT2D eigenvalue weighted by atomic mass is 19.1. The van der Waals surface area contributed by atoms with E-state index in [9.17, 15) is 14.0 Å². The number of rotatable bonds is 7. The van der Waals surface area contributed by atoms with E-state index in [4.69, 9.17) is 0 Å². The SMILES string of the molecule is CNCC(C)C(=O)Nc1ccc(F)c(NC(=O)Cc2ccccc2)c1. The summed E-state index contributed by atoms with van der Waals surface area (Å²) in [4.78, 5) is 24.1. The quantitative estimate of drug-likeness (QED) is 0.724. The molecule has 132 valence electrons. The van der Waals surface area contributed by atoms with E-state index in [1.165, 1.54) is 18.2 Å². The first-order valence-electron chi connectivity index (χ1n) is 8.08. The number of amides is 2. The topological polar surface area (TPSA) is 70.2 Å². The Kier molecular flexibility index (Phi) is 6.65. The van der Waals surface area contributed by atoms with Gasteiger partial charge in [0.2, 0.25) is 11.8 Å². The zero-order chi connectivity index (χ0) is 18.2. The molecular formula is C19H22FN3O2. The van der Waals surface area contributed by atoms with Crippen molar-refractivity contribution in [3.8, 4) is 0 Å². The van der Waals surface area contributed by atoms with E-state index in [-0.39, 0.29) is 29.8 Å². The largest absolute Gasteiger partial charge is 0.326 e. The van der Waals surface area contributed by atoms with Crippen LogP contribution in [0.25, 0.3) is 0 Å². The minimum atomic E-state index is -0.553. The summed E-state index contributed by atoms with van der Waals surface area (Å²) in [6, 6.07) is 13.3. The van der Waals surface area contributed by atoms with Crippen molar-refractivity contribution in [2.75, 3.05) is 24.2 Å². The third-order valence-electron chi connectivity index (χ3n) is 3.67. The van der Waals surface area contributed by atoms with Crippen molar-refractivity contribution in [3.63, 3.8) is 0 Å². The number of benzene rings is 2. The van der Waals surface area contributed by atoms with Crippen LogP contribution in [0, 0.1) is 11.7 Å². The molecule has 2 rings (SSSR count). The molecule has 0 radical (unpaired) electrons. The minimum Gasteiger partial charge on any atom is -0.326 e. The second-order valence-electron chi connectivity index (χ2n) is 5.85. The predicted molar refractivity (Wildman–Crippen MR) is 96.9 cm³/mol. The Morgan fingerprint density at radius 2 is 1.80 bits per heavy atom. The molecule has 2 aromatic carbocycles. The van der Waals surface area contributed by atoms with Crippen LogP contribution in [0.5, 0.6) is 0 Å². The molecule has 0 aliphatic carbocycles. The maximum Gasteiger partial charge on any atom is 0.228 e. The van der Waals surface area contributed by atoms with Crippen molar-refractivity contribution in [2.24, 2.45) is 5.92 Å². The molecule has 0 heterocycles. The molecule has 1 unspecified atom stereocenters. The van der Waals surface area contributed by atoms with Gasteiger partial charge in [-0.25, -0.2) is 4.39 Å². The van der Waals surface area contributed by atoms with Gasteiger partial charge in [0.25, 0.3) is 0 Å². The lowest BCUT2D eigenvalue weighted by molar-refractivity contribution is -0.119. The fourth-order valence-corrected chi connectivity index (χ4v) is 2.34. The van der Waals surface area contributed by atoms with E-state index < -0.39 is 5.82 Å². The third-order valence-corrected chi connectivity index (χ3v) is 3.67. The lowest BCUT2D eigenvalue weighted by atomic mass is 10.1. The van der Waals surface area contributed by atoms with E-state index in [1.54, 1.807) is 14.0 Å². The van der Waals surface area contributed by atoms with Crippen molar-refractivity contribution < 1.29 is 14.0 Å². The number of nitrogens with one attached hydrogen (secondary N) is 3. The standard InChI is InChI=1S/C19H22FN3O2/c1-13(12-21-2)19(25)22-15-8-9-16(20)17(11-15)23-18(24)10-14-6-4-3-5-7-14/h3-9,11,13,21H,10,12H2,1-2H3,(H,22,25)(H,23,24). The predicted octanol–water partition coefficient (Wildman–Crippen LogP) is 2.80. The maximum absolute atomic E-state index is 13.9. The van der Waals surface area contributed by atoms with Gasteiger partial charge in [0, 0.05) is 18.2 Å². The Morgan fingerprint density at radius 1 is 1.08 bits per heavy atom. The molecule has 0 saturated carbocycles. The molecule has 5 nitrogen and oxygen atoms in total. The number of anilines is 2. The molecule has 0 aliphatic rings. The van der Waals surface area contributed by atoms with Gasteiger partial charge in [0.15, 0.2) is 0 Å². The molecule has 0 aliphatic heterocycles. The zero-order valence-corrected chi connectivity index (χ0v) is 14.3. The zero-order valence-electron chi connectivity index (χ0n) is 14.3. The summed E-state index contributed by atoms with van der Waals surface area (Å²) in [7, 11) is 1.77. The van der Waals surface area contributed by atoms with Crippen LogP contribution in [0.1, 0.15) is 12.5 Å². The Morgan fingerprint density at radius 3 is 2.48 bits per heavy atom. The van der Waals surface area contributed by atoms with E-state index >= 15 is 0 Å². The maximum atomic E-state index is 13.9. The Labute approximate surface area is 146 Å². The summed E-state index contributed by atoms with van der Waals surface area (Å²) in [6.45, 7) is 2.33. The number of hydrogen-bond donors (Lipinski definition) is 3. The fourth-order valence-electron chi connectivity index (χ4n) is 2.34. The van der Waals surface area contributed by atoms with Crippen molar-refractivity contribution >= 4 is 23.2 Å². The smallest absolute Gasteiger partial charge is 0.228 e. The van der Waals surface area contributed by atoms with Crippen LogP contribution in [0.4, 0.5) is 15.8 Å². The lowest BCUT2D eigenvalue weighted by Gasteiger charge is -2.13. The highest BCUT2D eigenvalue weighted by Crippen LogP contribution is 2.20. The lowest BCUT2D eigenvalue weighted by Crippen LogP contribution is -2.28. The van der Waals surface area contributed by atoms with Gasteiger partial charge in [-0.3, -0.25) is 9.59 Å². The van der Waals surface area contributed by atoms with Gasteiger partial charge >= 0.3 is 0 Å². The van der Waals surface area contributed by atoms with Crippen molar-refractivity contribution in [3.05, 3.63) is 59.9 Å². The molecule has 0 spiro atoms. The van der Waals surface area contributed by atoms with Crippen molar-refractivity contribution in [2.45, 2.75) is 13.3 Å². The van der Waals surface area contributed by atoms with Gasteiger partial charge in [-0.15, -0.1) is 0 Å². The van der Waals surface area contributed by atoms with E-state index in [0.29, 0.717) is 12.2 Å². The Hall–Kier alpha value is -2.73. The van der Waals surface area contributed by atoms with Crippen molar-refractivity contribution in [1.82, 2.24) is 5.32 Å². The first kappa shape index (κ1) is 18.6. The van der Waals surface area contributed by atoms with Crippen LogP contribution in [0.15, 0.2) is 48.5 Å². The summed E-state index contributed by atoms with van der Waals surface area (Å²) in [5.41, 5.74) is 1.31. The third kappa shape index (κ3) is 5.69. The van der Waals surface area contributed by atoms with Crippen LogP contribution < -0.4 is 16.0 Å².